The van der Waals surface area contributed by atoms with Crippen molar-refractivity contribution in [2.75, 3.05) is 34.2 Å². The van der Waals surface area contributed by atoms with E-state index in [2.05, 4.69) is 5.32 Å². The molecule has 1 N–H and O–H groups in total. The predicted octanol–water partition coefficient (Wildman–Crippen LogP) is -0.663. The summed E-state index contributed by atoms with van der Waals surface area (Å²) in [7, 11) is 5.54. The zero-order chi connectivity index (χ0) is 7.28. The van der Waals surface area contributed by atoms with E-state index >= 15 is 0 Å². The summed E-state index contributed by atoms with van der Waals surface area (Å²) < 4.78 is 0. The maximum Gasteiger partial charge on any atom is 0.160 e. The molecule has 0 aromatic carbocycles. The molecule has 0 aliphatic carbocycles. The van der Waals surface area contributed by atoms with Crippen LogP contribution in [0.4, 0.5) is 0 Å². The summed E-state index contributed by atoms with van der Waals surface area (Å²) >= 11 is 0. The zero-order valence-electron chi connectivity index (χ0n) is 6.27. The third-order valence-corrected chi connectivity index (χ3v) is 0.867. The Hall–Kier alpha value is -0.410. The van der Waals surface area contributed by atoms with Crippen molar-refractivity contribution in [2.24, 2.45) is 0 Å². The third kappa shape index (κ3) is 5.46. The van der Waals surface area contributed by atoms with E-state index in [-0.39, 0.29) is 5.78 Å². The Kier molecular flexibility index (Phi) is 4.26. The van der Waals surface area contributed by atoms with Crippen molar-refractivity contribution < 1.29 is 4.79 Å². The molecule has 0 bridgehead atoms. The summed E-state index contributed by atoms with van der Waals surface area (Å²) in [6.07, 6.45) is 0. The van der Waals surface area contributed by atoms with Gasteiger partial charge in [0, 0.05) is 0 Å². The average Bonchev–Trinajstić information content (AvgIpc) is 1.63. The Balaban J connectivity index is 3.27. The van der Waals surface area contributed by atoms with E-state index in [1.54, 1.807) is 7.05 Å². The zero-order valence-corrected chi connectivity index (χ0v) is 6.27. The van der Waals surface area contributed by atoms with Gasteiger partial charge in [0.05, 0.1) is 13.1 Å². The Morgan fingerprint density at radius 1 is 1.56 bits per heavy atom. The van der Waals surface area contributed by atoms with Crippen LogP contribution >= 0.6 is 0 Å². The third-order valence-electron chi connectivity index (χ3n) is 0.867. The summed E-state index contributed by atoms with van der Waals surface area (Å²) in [5.41, 5.74) is 0. The summed E-state index contributed by atoms with van der Waals surface area (Å²) in [5, 5.41) is 2.80. The average molecular weight is 130 g/mol. The van der Waals surface area contributed by atoms with Gasteiger partial charge in [-0.25, -0.2) is 0 Å². The van der Waals surface area contributed by atoms with Crippen LogP contribution in [0.5, 0.6) is 0 Å². The molecular formula is C6H14N2O. The van der Waals surface area contributed by atoms with Crippen LogP contribution in [-0.4, -0.2) is 44.9 Å². The summed E-state index contributed by atoms with van der Waals surface area (Å²) in [4.78, 5) is 12.6. The molecule has 54 valence electrons. The van der Waals surface area contributed by atoms with E-state index < -0.39 is 0 Å². The first-order valence-electron chi connectivity index (χ1n) is 2.98. The van der Waals surface area contributed by atoms with Gasteiger partial charge in [0.25, 0.3) is 0 Å². The van der Waals surface area contributed by atoms with E-state index in [0.717, 1.165) is 0 Å². The van der Waals surface area contributed by atoms with Crippen molar-refractivity contribution in [3.8, 4) is 0 Å². The van der Waals surface area contributed by atoms with Crippen LogP contribution in [0.2, 0.25) is 0 Å². The van der Waals surface area contributed by atoms with Crippen molar-refractivity contribution in [3.05, 3.63) is 0 Å². The highest BCUT2D eigenvalue weighted by Crippen LogP contribution is 1.74. The van der Waals surface area contributed by atoms with Gasteiger partial charge >= 0.3 is 0 Å². The quantitative estimate of drug-likeness (QED) is 0.548. The van der Waals surface area contributed by atoms with Crippen molar-refractivity contribution in [2.45, 2.75) is 0 Å². The molecule has 0 amide bonds. The van der Waals surface area contributed by atoms with Gasteiger partial charge in [-0.3, -0.25) is 4.79 Å². The second kappa shape index (κ2) is 4.47. The Morgan fingerprint density at radius 2 is 2.11 bits per heavy atom. The normalized spacial score (nSPS) is 10.2. The van der Waals surface area contributed by atoms with E-state index in [0.29, 0.717) is 13.1 Å². The Bertz CT molecular complexity index is 91.1. The van der Waals surface area contributed by atoms with Gasteiger partial charge in [0.2, 0.25) is 0 Å². The first kappa shape index (κ1) is 8.59. The summed E-state index contributed by atoms with van der Waals surface area (Å²) in [5.74, 6) is 0.225. The standard InChI is InChI=1S/C6H14N2O/c1-7-4-6(9)5-8(2)3/h7H,4-5H2,1-3H3. The molecule has 0 atom stereocenters. The highest BCUT2D eigenvalue weighted by molar-refractivity contribution is 5.82. The van der Waals surface area contributed by atoms with Crippen molar-refractivity contribution in [1.82, 2.24) is 10.2 Å². The van der Waals surface area contributed by atoms with Gasteiger partial charge in [0.1, 0.15) is 0 Å². The lowest BCUT2D eigenvalue weighted by molar-refractivity contribution is -0.118. The van der Waals surface area contributed by atoms with Gasteiger partial charge in [-0.15, -0.1) is 0 Å². The maximum absolute atomic E-state index is 10.7. The maximum atomic E-state index is 10.7. The summed E-state index contributed by atoms with van der Waals surface area (Å²) in [6.45, 7) is 0.999. The fourth-order valence-corrected chi connectivity index (χ4v) is 0.606. The minimum atomic E-state index is 0.225. The molecule has 0 saturated heterocycles. The molecule has 3 nitrogen and oxygen atoms in total. The first-order chi connectivity index (χ1) is 4.16. The molecule has 0 aliphatic heterocycles. The topological polar surface area (TPSA) is 32.3 Å². The van der Waals surface area contributed by atoms with Gasteiger partial charge in [0.15, 0.2) is 5.78 Å². The molecule has 0 heterocycles. The monoisotopic (exact) mass is 130 g/mol. The number of nitrogens with zero attached hydrogens (tertiary/aromatic N) is 1. The number of carbonyl (C=O) groups excluding carboxylic acids is 1. The van der Waals surface area contributed by atoms with E-state index in [1.165, 1.54) is 0 Å². The molecule has 0 aliphatic rings. The fourth-order valence-electron chi connectivity index (χ4n) is 0.606. The van der Waals surface area contributed by atoms with Crippen LogP contribution in [0.25, 0.3) is 0 Å². The molecule has 0 radical (unpaired) electrons. The number of nitrogens with one attached hydrogen (secondary N) is 1. The lowest BCUT2D eigenvalue weighted by Crippen LogP contribution is -2.28. The van der Waals surface area contributed by atoms with E-state index in [4.69, 9.17) is 0 Å². The van der Waals surface area contributed by atoms with Gasteiger partial charge in [-0.2, -0.15) is 0 Å². The van der Waals surface area contributed by atoms with Crippen LogP contribution < -0.4 is 5.32 Å². The molecule has 0 rings (SSSR count). The molecule has 0 spiro atoms. The minimum absolute atomic E-state index is 0.225. The smallest absolute Gasteiger partial charge is 0.160 e. The highest BCUT2D eigenvalue weighted by Gasteiger charge is 1.99. The van der Waals surface area contributed by atoms with Gasteiger partial charge in [-0.1, -0.05) is 0 Å². The van der Waals surface area contributed by atoms with Crippen LogP contribution in [0.1, 0.15) is 0 Å². The number of likely N-dealkylation sites (N-methyl/N-ethyl adjacent to an activating group) is 2. The van der Waals surface area contributed by atoms with Gasteiger partial charge < -0.3 is 10.2 Å². The lowest BCUT2D eigenvalue weighted by atomic mass is 10.4. The number of hydrogen-bond donors (Lipinski definition) is 1. The molecular weight excluding hydrogens is 116 g/mol. The van der Waals surface area contributed by atoms with Gasteiger partial charge in [-0.05, 0) is 21.1 Å². The second-order valence-electron chi connectivity index (χ2n) is 2.31. The molecule has 9 heavy (non-hydrogen) atoms. The largest absolute Gasteiger partial charge is 0.313 e. The number of hydrogen-bond acceptors (Lipinski definition) is 3. The van der Waals surface area contributed by atoms with E-state index in [1.807, 2.05) is 19.0 Å². The Labute approximate surface area is 56.0 Å². The van der Waals surface area contributed by atoms with Crippen molar-refractivity contribution in [1.29, 1.82) is 0 Å². The SMILES string of the molecule is CNCC(=O)CN(C)C. The fraction of sp³-hybridized carbons (Fsp3) is 0.833. The number of rotatable bonds is 4. The Morgan fingerprint density at radius 3 is 2.44 bits per heavy atom. The molecule has 0 aromatic rings. The second-order valence-corrected chi connectivity index (χ2v) is 2.31. The minimum Gasteiger partial charge on any atom is -0.313 e. The highest BCUT2D eigenvalue weighted by atomic mass is 16.1. The predicted molar refractivity (Wildman–Crippen MR) is 37.5 cm³/mol. The summed E-state index contributed by atoms with van der Waals surface area (Å²) in [6, 6.07) is 0. The van der Waals surface area contributed by atoms with Crippen molar-refractivity contribution >= 4 is 5.78 Å². The molecule has 3 heteroatoms. The first-order valence-corrected chi connectivity index (χ1v) is 2.98. The number of carbonyl (C=O) groups is 1. The number of ketones is 1. The van der Waals surface area contributed by atoms with Crippen LogP contribution in [0, 0.1) is 0 Å². The molecule has 0 saturated carbocycles. The molecule has 0 aromatic heterocycles. The van der Waals surface area contributed by atoms with Crippen LogP contribution in [0.3, 0.4) is 0 Å². The lowest BCUT2D eigenvalue weighted by Gasteiger charge is -2.06. The molecule has 0 unspecified atom stereocenters. The van der Waals surface area contributed by atoms with E-state index in [9.17, 15) is 4.79 Å². The van der Waals surface area contributed by atoms with Crippen molar-refractivity contribution in [3.63, 3.8) is 0 Å². The number of Topliss-reactive ketones (excluding diaryl/α,β-unsaturated/α-hetero) is 1. The molecule has 0 fully saturated rings. The van der Waals surface area contributed by atoms with Crippen LogP contribution in [0.15, 0.2) is 0 Å². The van der Waals surface area contributed by atoms with Crippen LogP contribution in [-0.2, 0) is 4.79 Å².